The zero-order chi connectivity index (χ0) is 24.1. The van der Waals surface area contributed by atoms with E-state index in [1.54, 1.807) is 48.5 Å². The molecule has 0 aliphatic heterocycles. The quantitative estimate of drug-likeness (QED) is 0.135. The zero-order valence-electron chi connectivity index (χ0n) is 17.4. The normalized spacial score (nSPS) is 11.1. The molecule has 11 heteroatoms. The van der Waals surface area contributed by atoms with Crippen LogP contribution in [-0.2, 0) is 4.79 Å². The van der Waals surface area contributed by atoms with Crippen molar-refractivity contribution in [1.29, 1.82) is 0 Å². The number of benzene rings is 3. The number of aromatic nitrogens is 2. The number of hydrogen-bond acceptors (Lipinski definition) is 7. The average molecular weight is 494 g/mol. The first kappa shape index (κ1) is 23.1. The molecule has 0 atom stereocenters. The molecule has 0 aliphatic carbocycles. The number of hydrogen-bond donors (Lipinski definition) is 1. The third-order valence-electron chi connectivity index (χ3n) is 4.67. The van der Waals surface area contributed by atoms with Gasteiger partial charge in [0.15, 0.2) is 5.16 Å². The Kier molecular flexibility index (Phi) is 7.00. The van der Waals surface area contributed by atoms with Crippen LogP contribution in [-0.4, -0.2) is 32.3 Å². The number of amides is 1. The molecule has 170 valence electrons. The molecular formula is C23H16ClN5O4S. The van der Waals surface area contributed by atoms with Gasteiger partial charge in [-0.3, -0.25) is 24.3 Å². The van der Waals surface area contributed by atoms with Gasteiger partial charge in [0.1, 0.15) is 0 Å². The maximum absolute atomic E-state index is 13.2. The Labute approximate surface area is 202 Å². The Morgan fingerprint density at radius 2 is 1.82 bits per heavy atom. The van der Waals surface area contributed by atoms with E-state index in [4.69, 9.17) is 11.6 Å². The molecular weight excluding hydrogens is 478 g/mol. The SMILES string of the molecule is O=C(CSc1nc2ccccc2c(=O)n1-c1ccc(Cl)cc1)N/N=C\c1ccc([N+](=O)[O-])cc1. The Balaban J connectivity index is 1.51. The molecule has 1 heterocycles. The number of nitro benzene ring substituents is 1. The second-order valence-electron chi connectivity index (χ2n) is 6.96. The number of nitrogens with zero attached hydrogens (tertiary/aromatic N) is 4. The zero-order valence-corrected chi connectivity index (χ0v) is 19.0. The highest BCUT2D eigenvalue weighted by molar-refractivity contribution is 7.99. The molecule has 4 aromatic rings. The number of thioether (sulfide) groups is 1. The van der Waals surface area contributed by atoms with Crippen molar-refractivity contribution in [2.75, 3.05) is 5.75 Å². The number of nitrogens with one attached hydrogen (secondary N) is 1. The van der Waals surface area contributed by atoms with Gasteiger partial charge in [0.05, 0.1) is 33.5 Å². The first-order valence-electron chi connectivity index (χ1n) is 9.89. The number of rotatable bonds is 7. The monoisotopic (exact) mass is 493 g/mol. The van der Waals surface area contributed by atoms with Crippen LogP contribution >= 0.6 is 23.4 Å². The van der Waals surface area contributed by atoms with E-state index in [1.807, 2.05) is 0 Å². The van der Waals surface area contributed by atoms with Gasteiger partial charge in [-0.1, -0.05) is 35.5 Å². The lowest BCUT2D eigenvalue weighted by Crippen LogP contribution is -2.24. The van der Waals surface area contributed by atoms with E-state index in [-0.39, 0.29) is 17.0 Å². The first-order chi connectivity index (χ1) is 16.4. The number of nitro groups is 1. The second kappa shape index (κ2) is 10.3. The molecule has 4 rings (SSSR count). The third kappa shape index (κ3) is 5.30. The van der Waals surface area contributed by atoms with Crippen LogP contribution in [0.4, 0.5) is 5.69 Å². The fourth-order valence-electron chi connectivity index (χ4n) is 3.05. The van der Waals surface area contributed by atoms with Gasteiger partial charge in [0, 0.05) is 17.2 Å². The van der Waals surface area contributed by atoms with Crippen molar-refractivity contribution in [3.05, 3.63) is 104 Å². The first-order valence-corrected chi connectivity index (χ1v) is 11.3. The van der Waals surface area contributed by atoms with Crippen LogP contribution in [0.1, 0.15) is 5.56 Å². The van der Waals surface area contributed by atoms with Gasteiger partial charge in [0.25, 0.3) is 17.2 Å². The van der Waals surface area contributed by atoms with Crippen molar-refractivity contribution < 1.29 is 9.72 Å². The lowest BCUT2D eigenvalue weighted by atomic mass is 10.2. The van der Waals surface area contributed by atoms with Crippen LogP contribution in [0.3, 0.4) is 0 Å². The van der Waals surface area contributed by atoms with Crippen molar-refractivity contribution in [3.63, 3.8) is 0 Å². The van der Waals surface area contributed by atoms with Crippen molar-refractivity contribution in [2.45, 2.75) is 5.16 Å². The highest BCUT2D eigenvalue weighted by atomic mass is 35.5. The Morgan fingerprint density at radius 1 is 1.12 bits per heavy atom. The minimum absolute atomic E-state index is 0.0350. The fraction of sp³-hybridized carbons (Fsp3) is 0.0435. The van der Waals surface area contributed by atoms with Crippen molar-refractivity contribution >= 4 is 52.1 Å². The number of halogens is 1. The van der Waals surface area contributed by atoms with Crippen LogP contribution in [0.2, 0.25) is 5.02 Å². The van der Waals surface area contributed by atoms with Crippen molar-refractivity contribution in [2.24, 2.45) is 5.10 Å². The molecule has 0 saturated heterocycles. The summed E-state index contributed by atoms with van der Waals surface area (Å²) in [6.07, 6.45) is 1.38. The standard InChI is InChI=1S/C23H16ClN5O4S/c24-16-7-11-17(12-8-16)28-22(31)19-3-1-2-4-20(19)26-23(28)34-14-21(30)27-25-13-15-5-9-18(10-6-15)29(32)33/h1-13H,14H2,(H,27,30)/b25-13-. The summed E-state index contributed by atoms with van der Waals surface area (Å²) in [5.74, 6) is -0.455. The Hall–Kier alpha value is -4.02. The van der Waals surface area contributed by atoms with Gasteiger partial charge < -0.3 is 0 Å². The van der Waals surface area contributed by atoms with Crippen molar-refractivity contribution in [3.8, 4) is 5.69 Å². The predicted molar refractivity (Wildman–Crippen MR) is 132 cm³/mol. The van der Waals surface area contributed by atoms with Crippen LogP contribution in [0, 0.1) is 10.1 Å². The number of non-ortho nitro benzene ring substituents is 1. The number of fused-ring (bicyclic) bond motifs is 1. The third-order valence-corrected chi connectivity index (χ3v) is 5.86. The summed E-state index contributed by atoms with van der Waals surface area (Å²) in [5.41, 5.74) is 3.80. The lowest BCUT2D eigenvalue weighted by molar-refractivity contribution is -0.384. The minimum Gasteiger partial charge on any atom is -0.272 e. The predicted octanol–water partition coefficient (Wildman–Crippen LogP) is 4.19. The summed E-state index contributed by atoms with van der Waals surface area (Å²) in [7, 11) is 0. The van der Waals surface area contributed by atoms with E-state index < -0.39 is 10.8 Å². The van der Waals surface area contributed by atoms with Crippen molar-refractivity contribution in [1.82, 2.24) is 15.0 Å². The molecule has 0 bridgehead atoms. The Morgan fingerprint density at radius 3 is 2.53 bits per heavy atom. The van der Waals surface area contributed by atoms with Crippen LogP contribution in [0.5, 0.6) is 0 Å². The number of hydrazone groups is 1. The summed E-state index contributed by atoms with van der Waals surface area (Å²) in [6.45, 7) is 0. The molecule has 1 N–H and O–H groups in total. The summed E-state index contributed by atoms with van der Waals surface area (Å²) in [4.78, 5) is 40.3. The van der Waals surface area contributed by atoms with Gasteiger partial charge in [-0.05, 0) is 54.1 Å². The highest BCUT2D eigenvalue weighted by Gasteiger charge is 2.14. The van der Waals surface area contributed by atoms with E-state index in [1.165, 1.54) is 35.0 Å². The fourth-order valence-corrected chi connectivity index (χ4v) is 3.98. The average Bonchev–Trinajstić information content (AvgIpc) is 2.84. The van der Waals surface area contributed by atoms with E-state index >= 15 is 0 Å². The van der Waals surface area contributed by atoms with Crippen LogP contribution in [0.25, 0.3) is 16.6 Å². The molecule has 3 aromatic carbocycles. The number of para-hydroxylation sites is 1. The summed E-state index contributed by atoms with van der Waals surface area (Å²) in [5, 5.41) is 15.9. The Bertz CT molecular complexity index is 1450. The van der Waals surface area contributed by atoms with E-state index in [9.17, 15) is 19.7 Å². The summed E-state index contributed by atoms with van der Waals surface area (Å²) < 4.78 is 1.44. The molecule has 0 radical (unpaired) electrons. The maximum Gasteiger partial charge on any atom is 0.269 e. The van der Waals surface area contributed by atoms with Gasteiger partial charge in [-0.15, -0.1) is 0 Å². The number of carbonyl (C=O) groups is 1. The smallest absolute Gasteiger partial charge is 0.269 e. The highest BCUT2D eigenvalue weighted by Crippen LogP contribution is 2.22. The largest absolute Gasteiger partial charge is 0.272 e. The molecule has 0 fully saturated rings. The molecule has 1 aromatic heterocycles. The molecule has 1 amide bonds. The summed E-state index contributed by atoms with van der Waals surface area (Å²) in [6, 6.07) is 19.5. The van der Waals surface area contributed by atoms with Gasteiger partial charge in [-0.25, -0.2) is 10.4 Å². The topological polar surface area (TPSA) is 119 Å². The maximum atomic E-state index is 13.2. The molecule has 0 aliphatic rings. The van der Waals surface area contributed by atoms with E-state index in [2.05, 4.69) is 15.5 Å². The van der Waals surface area contributed by atoms with Gasteiger partial charge in [-0.2, -0.15) is 5.10 Å². The molecule has 0 saturated carbocycles. The van der Waals surface area contributed by atoms with Gasteiger partial charge in [0.2, 0.25) is 0 Å². The summed E-state index contributed by atoms with van der Waals surface area (Å²) >= 11 is 7.08. The molecule has 9 nitrogen and oxygen atoms in total. The lowest BCUT2D eigenvalue weighted by Gasteiger charge is -2.13. The minimum atomic E-state index is -0.496. The van der Waals surface area contributed by atoms with E-state index in [0.29, 0.717) is 32.3 Å². The van der Waals surface area contributed by atoms with Gasteiger partial charge >= 0.3 is 0 Å². The van der Waals surface area contributed by atoms with Crippen LogP contribution in [0.15, 0.2) is 87.8 Å². The molecule has 0 spiro atoms. The molecule has 34 heavy (non-hydrogen) atoms. The second-order valence-corrected chi connectivity index (χ2v) is 8.34. The van der Waals surface area contributed by atoms with Crippen LogP contribution < -0.4 is 11.0 Å². The number of carbonyl (C=O) groups excluding carboxylic acids is 1. The van der Waals surface area contributed by atoms with E-state index in [0.717, 1.165) is 11.8 Å². The molecule has 0 unspecified atom stereocenters.